The normalized spacial score (nSPS) is 16.8. The van der Waals surface area contributed by atoms with Gasteiger partial charge in [-0.05, 0) is 37.3 Å². The Kier molecular flexibility index (Phi) is 6.81. The van der Waals surface area contributed by atoms with E-state index in [1.54, 1.807) is 19.4 Å². The lowest BCUT2D eigenvalue weighted by Crippen LogP contribution is -2.38. The van der Waals surface area contributed by atoms with E-state index in [9.17, 15) is 9.59 Å². The van der Waals surface area contributed by atoms with Gasteiger partial charge in [-0.1, -0.05) is 18.2 Å². The fourth-order valence-electron chi connectivity index (χ4n) is 3.59. The molecule has 3 rings (SSSR count). The zero-order valence-electron chi connectivity index (χ0n) is 16.6. The number of hydrogen-bond donors (Lipinski definition) is 1. The molecule has 1 N–H and O–H groups in total. The molecular formula is C21H28N4O3. The summed E-state index contributed by atoms with van der Waals surface area (Å²) in [6.45, 7) is 4.51. The number of para-hydroxylation sites is 1. The number of methoxy groups -OCH3 is 1. The van der Waals surface area contributed by atoms with Crippen LogP contribution in [0.1, 0.15) is 24.8 Å². The van der Waals surface area contributed by atoms with Crippen LogP contribution in [-0.2, 0) is 16.1 Å². The summed E-state index contributed by atoms with van der Waals surface area (Å²) in [5.74, 6) is 0.294. The van der Waals surface area contributed by atoms with Gasteiger partial charge in [-0.15, -0.1) is 0 Å². The zero-order valence-corrected chi connectivity index (χ0v) is 16.6. The summed E-state index contributed by atoms with van der Waals surface area (Å²) in [5, 5.41) is 7.26. The molecule has 2 heterocycles. The number of rotatable bonds is 7. The van der Waals surface area contributed by atoms with Gasteiger partial charge in [-0.3, -0.25) is 9.59 Å². The SMILES string of the molecule is COCCn1ncc(N2CCCC(CC(=O)Nc3ccccc3C)C2)cc1=O. The summed E-state index contributed by atoms with van der Waals surface area (Å²) in [6, 6.07) is 9.41. The first-order chi connectivity index (χ1) is 13.6. The monoisotopic (exact) mass is 384 g/mol. The number of benzene rings is 1. The second-order valence-electron chi connectivity index (χ2n) is 7.29. The molecule has 1 aliphatic rings. The van der Waals surface area contributed by atoms with Crippen LogP contribution in [0.15, 0.2) is 41.3 Å². The van der Waals surface area contributed by atoms with Crippen LogP contribution in [-0.4, -0.2) is 42.5 Å². The van der Waals surface area contributed by atoms with Crippen LogP contribution in [0.4, 0.5) is 11.4 Å². The third kappa shape index (κ3) is 5.19. The first-order valence-electron chi connectivity index (χ1n) is 9.73. The van der Waals surface area contributed by atoms with Crippen molar-refractivity contribution in [2.45, 2.75) is 32.7 Å². The van der Waals surface area contributed by atoms with Crippen molar-refractivity contribution in [2.24, 2.45) is 5.92 Å². The number of amides is 1. The van der Waals surface area contributed by atoms with Crippen LogP contribution < -0.4 is 15.8 Å². The summed E-state index contributed by atoms with van der Waals surface area (Å²) >= 11 is 0. The van der Waals surface area contributed by atoms with Gasteiger partial charge in [0.25, 0.3) is 5.56 Å². The van der Waals surface area contributed by atoms with Gasteiger partial charge in [-0.2, -0.15) is 5.10 Å². The maximum Gasteiger partial charge on any atom is 0.268 e. The molecule has 0 saturated carbocycles. The van der Waals surface area contributed by atoms with Gasteiger partial charge >= 0.3 is 0 Å². The number of aryl methyl sites for hydroxylation is 1. The first-order valence-corrected chi connectivity index (χ1v) is 9.73. The molecular weight excluding hydrogens is 356 g/mol. The highest BCUT2D eigenvalue weighted by atomic mass is 16.5. The van der Waals surface area contributed by atoms with E-state index in [0.29, 0.717) is 19.6 Å². The summed E-state index contributed by atoms with van der Waals surface area (Å²) in [6.07, 6.45) is 4.21. The summed E-state index contributed by atoms with van der Waals surface area (Å²) in [5.41, 5.74) is 2.61. The van der Waals surface area contributed by atoms with Crippen molar-refractivity contribution in [1.82, 2.24) is 9.78 Å². The third-order valence-electron chi connectivity index (χ3n) is 5.14. The number of carbonyl (C=O) groups is 1. The van der Waals surface area contributed by atoms with E-state index in [1.165, 1.54) is 4.68 Å². The van der Waals surface area contributed by atoms with Crippen LogP contribution in [0.3, 0.4) is 0 Å². The Hall–Kier alpha value is -2.67. The molecule has 0 aliphatic carbocycles. The van der Waals surface area contributed by atoms with E-state index in [0.717, 1.165) is 42.9 Å². The molecule has 7 nitrogen and oxygen atoms in total. The zero-order chi connectivity index (χ0) is 19.9. The van der Waals surface area contributed by atoms with Crippen LogP contribution in [0, 0.1) is 12.8 Å². The number of ether oxygens (including phenoxy) is 1. The van der Waals surface area contributed by atoms with Gasteiger partial charge in [0.1, 0.15) is 0 Å². The van der Waals surface area contributed by atoms with Crippen molar-refractivity contribution in [3.63, 3.8) is 0 Å². The molecule has 1 aliphatic heterocycles. The maximum absolute atomic E-state index is 12.5. The predicted octanol–water partition coefficient (Wildman–Crippen LogP) is 2.44. The molecule has 1 unspecified atom stereocenters. The van der Waals surface area contributed by atoms with Crippen LogP contribution in [0.5, 0.6) is 0 Å². The first kappa shape index (κ1) is 20.1. The molecule has 0 bridgehead atoms. The van der Waals surface area contributed by atoms with Crippen molar-refractivity contribution in [2.75, 3.05) is 37.0 Å². The topological polar surface area (TPSA) is 76.5 Å². The number of hydrogen-bond acceptors (Lipinski definition) is 5. The molecule has 150 valence electrons. The van der Waals surface area contributed by atoms with E-state index < -0.39 is 0 Å². The van der Waals surface area contributed by atoms with E-state index in [-0.39, 0.29) is 17.4 Å². The smallest absolute Gasteiger partial charge is 0.268 e. The Bertz CT molecular complexity index is 865. The average molecular weight is 384 g/mol. The van der Waals surface area contributed by atoms with Crippen molar-refractivity contribution in [3.05, 3.63) is 52.4 Å². The second-order valence-corrected chi connectivity index (χ2v) is 7.29. The van der Waals surface area contributed by atoms with Gasteiger partial charge in [0.2, 0.25) is 5.91 Å². The molecule has 1 amide bonds. The lowest BCUT2D eigenvalue weighted by Gasteiger charge is -2.34. The van der Waals surface area contributed by atoms with E-state index in [1.807, 2.05) is 31.2 Å². The molecule has 28 heavy (non-hydrogen) atoms. The molecule has 1 aromatic heterocycles. The fourth-order valence-corrected chi connectivity index (χ4v) is 3.59. The molecule has 1 atom stereocenters. The summed E-state index contributed by atoms with van der Waals surface area (Å²) in [4.78, 5) is 26.9. The number of aromatic nitrogens is 2. The molecule has 2 aromatic rings. The van der Waals surface area contributed by atoms with Crippen LogP contribution in [0.2, 0.25) is 0 Å². The van der Waals surface area contributed by atoms with Crippen molar-refractivity contribution >= 4 is 17.3 Å². The molecule has 0 spiro atoms. The Morgan fingerprint density at radius 2 is 2.18 bits per heavy atom. The minimum atomic E-state index is -0.131. The molecule has 1 aromatic carbocycles. The molecule has 0 radical (unpaired) electrons. The van der Waals surface area contributed by atoms with Gasteiger partial charge in [0.05, 0.1) is 25.0 Å². The lowest BCUT2D eigenvalue weighted by atomic mass is 9.94. The van der Waals surface area contributed by atoms with E-state index >= 15 is 0 Å². The predicted molar refractivity (Wildman–Crippen MR) is 110 cm³/mol. The van der Waals surface area contributed by atoms with Crippen molar-refractivity contribution in [1.29, 1.82) is 0 Å². The van der Waals surface area contributed by atoms with Gasteiger partial charge in [-0.25, -0.2) is 4.68 Å². The standard InChI is InChI=1S/C21H28N4O3/c1-16-6-3-4-8-19(16)23-20(26)12-17-7-5-9-24(15-17)18-13-21(27)25(22-14-18)10-11-28-2/h3-4,6,8,13-14,17H,5,7,9-12,15H2,1-2H3,(H,23,26). The third-order valence-corrected chi connectivity index (χ3v) is 5.14. The van der Waals surface area contributed by atoms with Gasteiger partial charge in [0, 0.05) is 38.4 Å². The number of anilines is 2. The minimum absolute atomic E-state index is 0.0363. The highest BCUT2D eigenvalue weighted by Crippen LogP contribution is 2.24. The summed E-state index contributed by atoms with van der Waals surface area (Å²) in [7, 11) is 1.60. The molecule has 1 fully saturated rings. The largest absolute Gasteiger partial charge is 0.383 e. The molecule has 1 saturated heterocycles. The second kappa shape index (κ2) is 9.50. The quantitative estimate of drug-likeness (QED) is 0.793. The number of nitrogens with zero attached hydrogens (tertiary/aromatic N) is 3. The van der Waals surface area contributed by atoms with Crippen LogP contribution in [0.25, 0.3) is 0 Å². The number of carbonyl (C=O) groups excluding carboxylic acids is 1. The Morgan fingerprint density at radius 1 is 1.36 bits per heavy atom. The Balaban J connectivity index is 1.59. The molecule has 7 heteroatoms. The van der Waals surface area contributed by atoms with Gasteiger partial charge in [0.15, 0.2) is 0 Å². The Labute approximate surface area is 165 Å². The van der Waals surface area contributed by atoms with E-state index in [2.05, 4.69) is 15.3 Å². The van der Waals surface area contributed by atoms with Crippen molar-refractivity contribution < 1.29 is 9.53 Å². The summed E-state index contributed by atoms with van der Waals surface area (Å²) < 4.78 is 6.41. The average Bonchev–Trinajstić information content (AvgIpc) is 2.69. The Morgan fingerprint density at radius 3 is 2.93 bits per heavy atom. The van der Waals surface area contributed by atoms with Crippen LogP contribution >= 0.6 is 0 Å². The number of piperidine rings is 1. The highest BCUT2D eigenvalue weighted by molar-refractivity contribution is 5.91. The van der Waals surface area contributed by atoms with Gasteiger partial charge < -0.3 is 15.0 Å². The maximum atomic E-state index is 12.5. The number of nitrogens with one attached hydrogen (secondary N) is 1. The lowest BCUT2D eigenvalue weighted by molar-refractivity contribution is -0.117. The minimum Gasteiger partial charge on any atom is -0.383 e. The van der Waals surface area contributed by atoms with E-state index in [4.69, 9.17) is 4.74 Å². The van der Waals surface area contributed by atoms with Crippen molar-refractivity contribution in [3.8, 4) is 0 Å². The fraction of sp³-hybridized carbons (Fsp3) is 0.476. The highest BCUT2D eigenvalue weighted by Gasteiger charge is 2.23.